The summed E-state index contributed by atoms with van der Waals surface area (Å²) in [7, 11) is 0. The lowest BCUT2D eigenvalue weighted by molar-refractivity contribution is 0.0823. The number of aryl methyl sites for hydroxylation is 1. The zero-order valence-corrected chi connectivity index (χ0v) is 9.66. The summed E-state index contributed by atoms with van der Waals surface area (Å²) in [6.07, 6.45) is 1.12. The van der Waals surface area contributed by atoms with Gasteiger partial charge in [0.25, 0.3) is 0 Å². The van der Waals surface area contributed by atoms with E-state index in [1.807, 2.05) is 0 Å². The van der Waals surface area contributed by atoms with Crippen molar-refractivity contribution in [1.82, 2.24) is 0 Å². The fourth-order valence-corrected chi connectivity index (χ4v) is 2.65. The second-order valence-electron chi connectivity index (χ2n) is 4.67. The molecule has 2 aromatic carbocycles. The number of hydrogen-bond donors (Lipinski definition) is 1. The molecule has 0 heterocycles. The minimum absolute atomic E-state index is 0.384. The fraction of sp³-hybridized carbons (Fsp3) is 0.200. The number of halogens is 2. The van der Waals surface area contributed by atoms with Crippen LogP contribution in [0.5, 0.6) is 0 Å². The van der Waals surface area contributed by atoms with Crippen LogP contribution in [0.15, 0.2) is 42.5 Å². The van der Waals surface area contributed by atoms with Crippen LogP contribution < -0.4 is 0 Å². The van der Waals surface area contributed by atoms with Crippen molar-refractivity contribution in [2.24, 2.45) is 0 Å². The first kappa shape index (κ1) is 11.4. The lowest BCUT2D eigenvalue weighted by Gasteiger charge is -2.24. The molecule has 0 spiro atoms. The summed E-state index contributed by atoms with van der Waals surface area (Å²) in [6, 6.07) is 10.3. The molecule has 3 rings (SSSR count). The molecule has 0 saturated carbocycles. The van der Waals surface area contributed by atoms with Crippen molar-refractivity contribution < 1.29 is 13.9 Å². The third-order valence-electron chi connectivity index (χ3n) is 3.58. The van der Waals surface area contributed by atoms with Gasteiger partial charge in [-0.25, -0.2) is 8.78 Å². The van der Waals surface area contributed by atoms with Gasteiger partial charge in [0.2, 0.25) is 0 Å². The van der Waals surface area contributed by atoms with Crippen LogP contribution in [0.4, 0.5) is 8.78 Å². The van der Waals surface area contributed by atoms with Gasteiger partial charge in [-0.3, -0.25) is 0 Å². The highest BCUT2D eigenvalue weighted by molar-refractivity contribution is 5.45. The topological polar surface area (TPSA) is 20.2 Å². The van der Waals surface area contributed by atoms with E-state index in [1.165, 1.54) is 24.3 Å². The van der Waals surface area contributed by atoms with Gasteiger partial charge in [-0.05, 0) is 53.8 Å². The van der Waals surface area contributed by atoms with Crippen LogP contribution in [-0.4, -0.2) is 5.11 Å². The molecule has 0 saturated heterocycles. The van der Waals surface area contributed by atoms with Crippen molar-refractivity contribution in [2.75, 3.05) is 0 Å². The second kappa shape index (κ2) is 3.89. The molecular formula is C15H12F2O. The molecule has 1 atom stereocenters. The van der Waals surface area contributed by atoms with E-state index in [0.717, 1.165) is 5.56 Å². The van der Waals surface area contributed by atoms with Crippen molar-refractivity contribution >= 4 is 0 Å². The molecule has 1 N–H and O–H groups in total. The van der Waals surface area contributed by atoms with Crippen molar-refractivity contribution in [1.29, 1.82) is 0 Å². The van der Waals surface area contributed by atoms with E-state index in [1.54, 1.807) is 18.2 Å². The zero-order valence-electron chi connectivity index (χ0n) is 9.66. The highest BCUT2D eigenvalue weighted by Gasteiger charge is 2.38. The van der Waals surface area contributed by atoms with E-state index in [4.69, 9.17) is 0 Å². The standard InChI is InChI=1S/C15H12F2O/c16-12-3-1-2-11(8-12)15(18)7-6-10-4-5-13(17)9-14(10)15/h1-5,8-9,18H,6-7H2. The molecule has 18 heavy (non-hydrogen) atoms. The van der Waals surface area contributed by atoms with Crippen molar-refractivity contribution in [2.45, 2.75) is 18.4 Å². The van der Waals surface area contributed by atoms with Gasteiger partial charge in [-0.15, -0.1) is 0 Å². The molecule has 0 amide bonds. The SMILES string of the molecule is OC1(c2cccc(F)c2)CCc2ccc(F)cc21. The van der Waals surface area contributed by atoms with E-state index in [2.05, 4.69) is 0 Å². The maximum Gasteiger partial charge on any atom is 0.123 e. The van der Waals surface area contributed by atoms with Gasteiger partial charge in [0, 0.05) is 0 Å². The lowest BCUT2D eigenvalue weighted by atomic mass is 9.88. The van der Waals surface area contributed by atoms with Gasteiger partial charge in [0.15, 0.2) is 0 Å². The van der Waals surface area contributed by atoms with Crippen LogP contribution in [0.1, 0.15) is 23.1 Å². The first-order valence-corrected chi connectivity index (χ1v) is 5.87. The molecule has 92 valence electrons. The van der Waals surface area contributed by atoms with Gasteiger partial charge in [-0.1, -0.05) is 18.2 Å². The van der Waals surface area contributed by atoms with E-state index >= 15 is 0 Å². The van der Waals surface area contributed by atoms with Crippen molar-refractivity contribution in [3.05, 3.63) is 70.8 Å². The lowest BCUT2D eigenvalue weighted by Crippen LogP contribution is -2.24. The Bertz CT molecular complexity index is 609. The Kier molecular flexibility index (Phi) is 2.45. The number of fused-ring (bicyclic) bond motifs is 1. The van der Waals surface area contributed by atoms with Crippen LogP contribution in [-0.2, 0) is 12.0 Å². The van der Waals surface area contributed by atoms with Gasteiger partial charge in [-0.2, -0.15) is 0 Å². The maximum absolute atomic E-state index is 13.3. The highest BCUT2D eigenvalue weighted by Crippen LogP contribution is 2.42. The number of benzene rings is 2. The fourth-order valence-electron chi connectivity index (χ4n) is 2.65. The molecule has 1 unspecified atom stereocenters. The molecule has 2 aromatic rings. The number of aliphatic hydroxyl groups is 1. The normalized spacial score (nSPS) is 21.9. The summed E-state index contributed by atoms with van der Waals surface area (Å²) >= 11 is 0. The molecule has 0 bridgehead atoms. The maximum atomic E-state index is 13.3. The quantitative estimate of drug-likeness (QED) is 0.819. The minimum atomic E-state index is -1.28. The summed E-state index contributed by atoms with van der Waals surface area (Å²) in [5.74, 6) is -0.781. The average Bonchev–Trinajstić information content (AvgIpc) is 2.68. The second-order valence-corrected chi connectivity index (χ2v) is 4.67. The smallest absolute Gasteiger partial charge is 0.123 e. The van der Waals surface area contributed by atoms with Crippen LogP contribution in [0.2, 0.25) is 0 Å². The van der Waals surface area contributed by atoms with E-state index < -0.39 is 11.4 Å². The molecule has 1 aliphatic rings. The third kappa shape index (κ3) is 1.63. The largest absolute Gasteiger partial charge is 0.380 e. The Labute approximate surface area is 104 Å². The summed E-state index contributed by atoms with van der Waals surface area (Å²) in [6.45, 7) is 0. The van der Waals surface area contributed by atoms with E-state index in [0.29, 0.717) is 24.0 Å². The van der Waals surface area contributed by atoms with Crippen LogP contribution in [0.25, 0.3) is 0 Å². The Morgan fingerprint density at radius 2 is 1.78 bits per heavy atom. The third-order valence-corrected chi connectivity index (χ3v) is 3.58. The molecule has 1 nitrogen and oxygen atoms in total. The van der Waals surface area contributed by atoms with Gasteiger partial charge in [0.05, 0.1) is 0 Å². The first-order valence-electron chi connectivity index (χ1n) is 5.87. The predicted molar refractivity (Wildman–Crippen MR) is 64.1 cm³/mol. The molecule has 0 radical (unpaired) electrons. The molecule has 3 heteroatoms. The zero-order chi connectivity index (χ0) is 12.8. The number of rotatable bonds is 1. The van der Waals surface area contributed by atoms with Crippen LogP contribution in [0.3, 0.4) is 0 Å². The summed E-state index contributed by atoms with van der Waals surface area (Å²) in [5.41, 5.74) is 0.669. The van der Waals surface area contributed by atoms with Crippen molar-refractivity contribution in [3.63, 3.8) is 0 Å². The number of hydrogen-bond acceptors (Lipinski definition) is 1. The molecular weight excluding hydrogens is 234 g/mol. The average molecular weight is 246 g/mol. The summed E-state index contributed by atoms with van der Waals surface area (Å²) < 4.78 is 26.6. The van der Waals surface area contributed by atoms with Gasteiger partial charge < -0.3 is 5.11 Å². The Balaban J connectivity index is 2.16. The first-order chi connectivity index (χ1) is 8.59. The minimum Gasteiger partial charge on any atom is -0.380 e. The van der Waals surface area contributed by atoms with Crippen LogP contribution in [0, 0.1) is 11.6 Å². The van der Waals surface area contributed by atoms with E-state index in [9.17, 15) is 13.9 Å². The Hall–Kier alpha value is -1.74. The molecule has 0 aromatic heterocycles. The summed E-state index contributed by atoms with van der Waals surface area (Å²) in [4.78, 5) is 0. The molecule has 0 aliphatic heterocycles. The van der Waals surface area contributed by atoms with E-state index in [-0.39, 0.29) is 5.82 Å². The Morgan fingerprint density at radius 3 is 2.56 bits per heavy atom. The Morgan fingerprint density at radius 1 is 1.00 bits per heavy atom. The van der Waals surface area contributed by atoms with Crippen molar-refractivity contribution in [3.8, 4) is 0 Å². The van der Waals surface area contributed by atoms with Crippen LogP contribution >= 0.6 is 0 Å². The highest BCUT2D eigenvalue weighted by atomic mass is 19.1. The monoisotopic (exact) mass is 246 g/mol. The summed E-state index contributed by atoms with van der Waals surface area (Å²) in [5, 5.41) is 10.7. The van der Waals surface area contributed by atoms with Gasteiger partial charge in [0.1, 0.15) is 17.2 Å². The molecule has 1 aliphatic carbocycles. The van der Waals surface area contributed by atoms with Gasteiger partial charge >= 0.3 is 0 Å². The predicted octanol–water partition coefficient (Wildman–Crippen LogP) is 3.15. The molecule has 0 fully saturated rings.